The van der Waals surface area contributed by atoms with Crippen molar-refractivity contribution in [1.29, 1.82) is 0 Å². The van der Waals surface area contributed by atoms with E-state index in [1.165, 1.54) is 0 Å². The van der Waals surface area contributed by atoms with Crippen molar-refractivity contribution in [1.82, 2.24) is 5.73 Å². The van der Waals surface area contributed by atoms with Crippen LogP contribution in [0.4, 0.5) is 0 Å². The molecule has 2 N–H and O–H groups in total. The average Bonchev–Trinajstić information content (AvgIpc) is 1.86. The molecule has 0 saturated carbocycles. The highest BCUT2D eigenvalue weighted by Gasteiger charge is 2.29. The van der Waals surface area contributed by atoms with Gasteiger partial charge in [-0.25, -0.2) is 0 Å². The monoisotopic (exact) mass is 130 g/mol. The van der Waals surface area contributed by atoms with E-state index in [2.05, 4.69) is 0 Å². The maximum Gasteiger partial charge on any atom is 0.270 e. The highest BCUT2D eigenvalue weighted by Crippen LogP contribution is 2.13. The van der Waals surface area contributed by atoms with Gasteiger partial charge in [0.15, 0.2) is 0 Å². The molecule has 0 fully saturated rings. The minimum Gasteiger partial charge on any atom is -0.380 e. The molecular weight excluding hydrogens is 118 g/mol. The van der Waals surface area contributed by atoms with Crippen molar-refractivity contribution >= 4 is 5.91 Å². The fraction of sp³-hybridized carbons (Fsp3) is 0.833. The second-order valence-corrected chi connectivity index (χ2v) is 2.07. The summed E-state index contributed by atoms with van der Waals surface area (Å²) in [5, 5.41) is 9.17. The van der Waals surface area contributed by atoms with Crippen LogP contribution in [0.5, 0.6) is 0 Å². The summed E-state index contributed by atoms with van der Waals surface area (Å²) in [5.74, 6) is -0.882. The lowest BCUT2D eigenvalue weighted by molar-refractivity contribution is -0.137. The number of hydrogen-bond acceptors (Lipinski definition) is 2. The lowest BCUT2D eigenvalue weighted by atomic mass is 9.97. The maximum atomic E-state index is 10.3. The van der Waals surface area contributed by atoms with E-state index in [-0.39, 0.29) is 0 Å². The summed E-state index contributed by atoms with van der Waals surface area (Å²) in [7, 11) is 0. The molecule has 0 aromatic heterocycles. The van der Waals surface area contributed by atoms with Gasteiger partial charge >= 0.3 is 0 Å². The molecule has 53 valence electrons. The SMILES string of the molecule is CCC(O)(CC)C([NH])=O. The Balaban J connectivity index is 4.09. The molecule has 1 amide bonds. The summed E-state index contributed by atoms with van der Waals surface area (Å²) in [6.45, 7) is 3.38. The van der Waals surface area contributed by atoms with Crippen LogP contribution in [0.15, 0.2) is 0 Å². The zero-order chi connectivity index (χ0) is 7.49. The van der Waals surface area contributed by atoms with Crippen LogP contribution in [0.1, 0.15) is 26.7 Å². The largest absolute Gasteiger partial charge is 0.380 e. The second-order valence-electron chi connectivity index (χ2n) is 2.07. The third kappa shape index (κ3) is 1.68. The van der Waals surface area contributed by atoms with Crippen LogP contribution in [-0.2, 0) is 4.79 Å². The Labute approximate surface area is 54.9 Å². The summed E-state index contributed by atoms with van der Waals surface area (Å²) in [4.78, 5) is 10.3. The number of nitrogens with one attached hydrogen (secondary N) is 1. The lowest BCUT2D eigenvalue weighted by Gasteiger charge is -2.18. The predicted molar refractivity (Wildman–Crippen MR) is 33.6 cm³/mol. The average molecular weight is 130 g/mol. The fourth-order valence-electron chi connectivity index (χ4n) is 0.571. The molecule has 0 spiro atoms. The van der Waals surface area contributed by atoms with E-state index in [0.717, 1.165) is 0 Å². The maximum absolute atomic E-state index is 10.3. The number of carbonyl (C=O) groups is 1. The van der Waals surface area contributed by atoms with Gasteiger partial charge in [-0.15, -0.1) is 0 Å². The molecule has 0 atom stereocenters. The molecule has 9 heavy (non-hydrogen) atoms. The van der Waals surface area contributed by atoms with E-state index in [9.17, 15) is 4.79 Å². The van der Waals surface area contributed by atoms with Crippen LogP contribution >= 0.6 is 0 Å². The van der Waals surface area contributed by atoms with Gasteiger partial charge in [0, 0.05) is 0 Å². The van der Waals surface area contributed by atoms with Gasteiger partial charge in [0.2, 0.25) is 0 Å². The minimum atomic E-state index is -1.39. The Morgan fingerprint density at radius 3 is 1.89 bits per heavy atom. The fourth-order valence-corrected chi connectivity index (χ4v) is 0.571. The summed E-state index contributed by atoms with van der Waals surface area (Å²) in [6.07, 6.45) is 0.650. The van der Waals surface area contributed by atoms with E-state index < -0.39 is 11.5 Å². The number of aliphatic hydroxyl groups is 1. The summed E-state index contributed by atoms with van der Waals surface area (Å²) in [6, 6.07) is 0. The van der Waals surface area contributed by atoms with Crippen LogP contribution < -0.4 is 5.73 Å². The number of amides is 1. The molecule has 1 radical (unpaired) electrons. The number of carbonyl (C=O) groups excluding carboxylic acids is 1. The smallest absolute Gasteiger partial charge is 0.270 e. The third-order valence-electron chi connectivity index (χ3n) is 1.59. The highest BCUT2D eigenvalue weighted by atomic mass is 16.3. The Morgan fingerprint density at radius 2 is 1.89 bits per heavy atom. The summed E-state index contributed by atoms with van der Waals surface area (Å²) in [5.41, 5.74) is 5.25. The molecule has 3 nitrogen and oxygen atoms in total. The van der Waals surface area contributed by atoms with E-state index in [1.807, 2.05) is 0 Å². The van der Waals surface area contributed by atoms with Gasteiger partial charge in [0.25, 0.3) is 5.91 Å². The number of hydrogen-bond donors (Lipinski definition) is 1. The Bertz CT molecular complexity index is 108. The molecule has 0 aliphatic rings. The van der Waals surface area contributed by atoms with E-state index in [0.29, 0.717) is 12.8 Å². The van der Waals surface area contributed by atoms with Crippen LogP contribution in [0, 0.1) is 0 Å². The van der Waals surface area contributed by atoms with Gasteiger partial charge in [-0.05, 0) is 12.8 Å². The topological polar surface area (TPSA) is 61.1 Å². The predicted octanol–water partition coefficient (Wildman–Crippen LogP) is 0.347. The zero-order valence-corrected chi connectivity index (χ0v) is 5.77. The molecule has 0 heterocycles. The van der Waals surface area contributed by atoms with E-state index in [4.69, 9.17) is 10.8 Å². The Morgan fingerprint density at radius 1 is 1.56 bits per heavy atom. The van der Waals surface area contributed by atoms with Gasteiger partial charge < -0.3 is 5.11 Å². The Hall–Kier alpha value is -0.570. The second kappa shape index (κ2) is 2.82. The molecule has 3 heteroatoms. The van der Waals surface area contributed by atoms with Crippen LogP contribution in [0.2, 0.25) is 0 Å². The molecule has 0 saturated heterocycles. The van der Waals surface area contributed by atoms with Crippen molar-refractivity contribution in [2.45, 2.75) is 32.3 Å². The quantitative estimate of drug-likeness (QED) is 0.599. The molecule has 0 bridgehead atoms. The van der Waals surface area contributed by atoms with Crippen molar-refractivity contribution < 1.29 is 9.90 Å². The Kier molecular flexibility index (Phi) is 2.65. The highest BCUT2D eigenvalue weighted by molar-refractivity contribution is 5.82. The van der Waals surface area contributed by atoms with Crippen LogP contribution in [-0.4, -0.2) is 16.6 Å². The normalized spacial score (nSPS) is 11.4. The van der Waals surface area contributed by atoms with Gasteiger partial charge in [-0.2, -0.15) is 0 Å². The van der Waals surface area contributed by atoms with Gasteiger partial charge in [-0.3, -0.25) is 10.5 Å². The molecular formula is C6H12NO2. The van der Waals surface area contributed by atoms with Crippen LogP contribution in [0.25, 0.3) is 0 Å². The zero-order valence-electron chi connectivity index (χ0n) is 5.77. The first-order valence-electron chi connectivity index (χ1n) is 3.05. The molecule has 0 aromatic rings. The molecule has 0 aliphatic heterocycles. The lowest BCUT2D eigenvalue weighted by Crippen LogP contribution is -2.37. The standard InChI is InChI=1S/C6H12NO2/c1-3-6(9,4-2)5(7)8/h7,9H,3-4H2,1-2H3. The van der Waals surface area contributed by atoms with Crippen molar-refractivity contribution in [2.24, 2.45) is 0 Å². The van der Waals surface area contributed by atoms with Gasteiger partial charge in [0.1, 0.15) is 5.60 Å². The van der Waals surface area contributed by atoms with Crippen molar-refractivity contribution in [3.63, 3.8) is 0 Å². The van der Waals surface area contributed by atoms with Gasteiger partial charge in [-0.1, -0.05) is 13.8 Å². The molecule has 0 aliphatic carbocycles. The van der Waals surface area contributed by atoms with Crippen LogP contribution in [0.3, 0.4) is 0 Å². The van der Waals surface area contributed by atoms with Gasteiger partial charge in [0.05, 0.1) is 0 Å². The first kappa shape index (κ1) is 8.43. The minimum absolute atomic E-state index is 0.325. The molecule has 0 aromatic carbocycles. The summed E-state index contributed by atoms with van der Waals surface area (Å²) < 4.78 is 0. The van der Waals surface area contributed by atoms with Crippen molar-refractivity contribution in [3.8, 4) is 0 Å². The third-order valence-corrected chi connectivity index (χ3v) is 1.59. The first-order chi connectivity index (χ1) is 4.06. The molecule has 0 unspecified atom stereocenters. The summed E-state index contributed by atoms with van der Waals surface area (Å²) >= 11 is 0. The van der Waals surface area contributed by atoms with Crippen molar-refractivity contribution in [2.75, 3.05) is 0 Å². The van der Waals surface area contributed by atoms with Crippen molar-refractivity contribution in [3.05, 3.63) is 0 Å². The molecule has 0 rings (SSSR count). The van der Waals surface area contributed by atoms with E-state index >= 15 is 0 Å². The van der Waals surface area contributed by atoms with E-state index in [1.54, 1.807) is 13.8 Å². The first-order valence-corrected chi connectivity index (χ1v) is 3.05. The number of rotatable bonds is 3.